The average molecular weight is 375 g/mol. The van der Waals surface area contributed by atoms with E-state index in [9.17, 15) is 9.59 Å². The molecule has 0 saturated carbocycles. The van der Waals surface area contributed by atoms with Crippen LogP contribution in [0.4, 0.5) is 5.69 Å². The number of benzene rings is 2. The highest BCUT2D eigenvalue weighted by Crippen LogP contribution is 2.26. The van der Waals surface area contributed by atoms with E-state index < -0.39 is 0 Å². The normalized spacial score (nSPS) is 17.0. The number of thioether (sulfide) groups is 1. The zero-order chi connectivity index (χ0) is 17.8. The van der Waals surface area contributed by atoms with E-state index in [4.69, 9.17) is 11.6 Å². The second-order valence-corrected chi connectivity index (χ2v) is 7.25. The number of carbonyl (C=O) groups excluding carboxylic acids is 2. The molecule has 1 aliphatic rings. The van der Waals surface area contributed by atoms with Gasteiger partial charge in [0.1, 0.15) is 0 Å². The molecular formula is C19H19ClN2O2S. The number of nitrogens with one attached hydrogen (secondary N) is 1. The van der Waals surface area contributed by atoms with Gasteiger partial charge in [0.25, 0.3) is 5.91 Å². The topological polar surface area (TPSA) is 49.4 Å². The highest BCUT2D eigenvalue weighted by molar-refractivity contribution is 7.98. The summed E-state index contributed by atoms with van der Waals surface area (Å²) in [5, 5.41) is 3.61. The molecule has 3 rings (SSSR count). The molecule has 0 spiro atoms. The summed E-state index contributed by atoms with van der Waals surface area (Å²) in [4.78, 5) is 27.4. The van der Waals surface area contributed by atoms with Gasteiger partial charge in [0, 0.05) is 41.0 Å². The lowest BCUT2D eigenvalue weighted by atomic mass is 10.1. The predicted octanol–water partition coefficient (Wildman–Crippen LogP) is 3.84. The largest absolute Gasteiger partial charge is 0.352 e. The molecule has 2 aromatic rings. The van der Waals surface area contributed by atoms with E-state index >= 15 is 0 Å². The van der Waals surface area contributed by atoms with Crippen LogP contribution in [-0.4, -0.2) is 31.2 Å². The van der Waals surface area contributed by atoms with Crippen molar-refractivity contribution in [2.24, 2.45) is 5.92 Å². The maximum absolute atomic E-state index is 12.4. The summed E-state index contributed by atoms with van der Waals surface area (Å²) in [6, 6.07) is 14.8. The number of carbonyl (C=O) groups is 2. The number of hydrogen-bond donors (Lipinski definition) is 1. The third-order valence-electron chi connectivity index (χ3n) is 4.25. The Bertz CT molecular complexity index is 779. The molecule has 1 saturated heterocycles. The van der Waals surface area contributed by atoms with Gasteiger partial charge in [-0.25, -0.2) is 0 Å². The summed E-state index contributed by atoms with van der Waals surface area (Å²) >= 11 is 7.45. The van der Waals surface area contributed by atoms with Crippen molar-refractivity contribution in [3.8, 4) is 0 Å². The standard InChI is InChI=1S/C19H19ClN2O2S/c1-25-17-5-3-2-4-16(17)19(24)21-11-13-10-18(23)22(12-13)15-8-6-14(20)7-9-15/h2-9,13H,10-12H2,1H3,(H,21,24). The number of halogens is 1. The van der Waals surface area contributed by atoms with Crippen molar-refractivity contribution < 1.29 is 9.59 Å². The molecule has 25 heavy (non-hydrogen) atoms. The highest BCUT2D eigenvalue weighted by Gasteiger charge is 2.30. The zero-order valence-corrected chi connectivity index (χ0v) is 15.4. The van der Waals surface area contributed by atoms with Gasteiger partial charge in [-0.2, -0.15) is 0 Å². The van der Waals surface area contributed by atoms with Crippen LogP contribution < -0.4 is 10.2 Å². The number of hydrogen-bond acceptors (Lipinski definition) is 3. The number of nitrogens with zero attached hydrogens (tertiary/aromatic N) is 1. The Labute approximate surface area is 156 Å². The molecule has 0 radical (unpaired) electrons. The minimum atomic E-state index is -0.0951. The lowest BCUT2D eigenvalue weighted by Gasteiger charge is -2.17. The van der Waals surface area contributed by atoms with Crippen molar-refractivity contribution in [3.63, 3.8) is 0 Å². The second-order valence-electron chi connectivity index (χ2n) is 5.96. The first-order chi connectivity index (χ1) is 12.1. The van der Waals surface area contributed by atoms with Crippen molar-refractivity contribution in [1.29, 1.82) is 0 Å². The molecule has 0 bridgehead atoms. The van der Waals surface area contributed by atoms with Crippen molar-refractivity contribution in [1.82, 2.24) is 5.32 Å². The van der Waals surface area contributed by atoms with Crippen molar-refractivity contribution in [2.75, 3.05) is 24.2 Å². The molecule has 4 nitrogen and oxygen atoms in total. The van der Waals surface area contributed by atoms with Crippen molar-refractivity contribution >= 4 is 40.9 Å². The smallest absolute Gasteiger partial charge is 0.252 e. The van der Waals surface area contributed by atoms with Gasteiger partial charge in [0.2, 0.25) is 5.91 Å². The van der Waals surface area contributed by atoms with Crippen LogP contribution >= 0.6 is 23.4 Å². The minimum Gasteiger partial charge on any atom is -0.352 e. The van der Waals surface area contributed by atoms with E-state index in [-0.39, 0.29) is 17.7 Å². The van der Waals surface area contributed by atoms with Crippen molar-refractivity contribution in [3.05, 3.63) is 59.1 Å². The van der Waals surface area contributed by atoms with Gasteiger partial charge in [-0.15, -0.1) is 11.8 Å². The molecule has 6 heteroatoms. The molecular weight excluding hydrogens is 356 g/mol. The predicted molar refractivity (Wildman–Crippen MR) is 102 cm³/mol. The minimum absolute atomic E-state index is 0.0751. The highest BCUT2D eigenvalue weighted by atomic mass is 35.5. The van der Waals surface area contributed by atoms with Crippen LogP contribution in [-0.2, 0) is 4.79 Å². The summed E-state index contributed by atoms with van der Waals surface area (Å²) in [6.45, 7) is 1.09. The number of rotatable bonds is 5. The Hall–Kier alpha value is -1.98. The molecule has 1 unspecified atom stereocenters. The van der Waals surface area contributed by atoms with Crippen LogP contribution in [0.5, 0.6) is 0 Å². The molecule has 130 valence electrons. The molecule has 0 aromatic heterocycles. The Kier molecular flexibility index (Phi) is 5.66. The van der Waals surface area contributed by atoms with E-state index in [1.807, 2.05) is 42.7 Å². The van der Waals surface area contributed by atoms with Crippen LogP contribution in [0.1, 0.15) is 16.8 Å². The van der Waals surface area contributed by atoms with Crippen molar-refractivity contribution in [2.45, 2.75) is 11.3 Å². The maximum Gasteiger partial charge on any atom is 0.252 e. The van der Waals surface area contributed by atoms with Gasteiger partial charge in [-0.05, 0) is 42.7 Å². The van der Waals surface area contributed by atoms with Gasteiger partial charge in [-0.3, -0.25) is 9.59 Å². The van der Waals surface area contributed by atoms with E-state index in [1.165, 1.54) is 0 Å². The van der Waals surface area contributed by atoms with Gasteiger partial charge >= 0.3 is 0 Å². The summed E-state index contributed by atoms with van der Waals surface area (Å²) in [7, 11) is 0. The SMILES string of the molecule is CSc1ccccc1C(=O)NCC1CC(=O)N(c2ccc(Cl)cc2)C1. The van der Waals surface area contributed by atoms with Crippen LogP contribution in [0.25, 0.3) is 0 Å². The third kappa shape index (κ3) is 4.17. The van der Waals surface area contributed by atoms with E-state index in [0.29, 0.717) is 30.1 Å². The fourth-order valence-electron chi connectivity index (χ4n) is 2.95. The van der Waals surface area contributed by atoms with Crippen LogP contribution in [0.3, 0.4) is 0 Å². The Morgan fingerprint density at radius 2 is 1.96 bits per heavy atom. The van der Waals surface area contributed by atoms with E-state index in [2.05, 4.69) is 5.32 Å². The summed E-state index contributed by atoms with van der Waals surface area (Å²) in [5.74, 6) is 0.0852. The molecule has 1 atom stereocenters. The quantitative estimate of drug-likeness (QED) is 0.809. The number of amides is 2. The Balaban J connectivity index is 1.60. The van der Waals surface area contributed by atoms with E-state index in [0.717, 1.165) is 10.6 Å². The molecule has 1 fully saturated rings. The fourth-order valence-corrected chi connectivity index (χ4v) is 3.67. The van der Waals surface area contributed by atoms with Gasteiger partial charge < -0.3 is 10.2 Å². The van der Waals surface area contributed by atoms with Gasteiger partial charge in [-0.1, -0.05) is 23.7 Å². The molecule has 2 amide bonds. The summed E-state index contributed by atoms with van der Waals surface area (Å²) in [6.07, 6.45) is 2.39. The van der Waals surface area contributed by atoms with Gasteiger partial charge in [0.15, 0.2) is 0 Å². The molecule has 1 aliphatic heterocycles. The first-order valence-corrected chi connectivity index (χ1v) is 9.66. The van der Waals surface area contributed by atoms with Crippen LogP contribution in [0.2, 0.25) is 5.02 Å². The molecule has 1 heterocycles. The van der Waals surface area contributed by atoms with Crippen LogP contribution in [0, 0.1) is 5.92 Å². The summed E-state index contributed by atoms with van der Waals surface area (Å²) < 4.78 is 0. The Morgan fingerprint density at radius 1 is 1.24 bits per heavy atom. The molecule has 2 aromatic carbocycles. The first-order valence-electron chi connectivity index (χ1n) is 8.05. The van der Waals surface area contributed by atoms with Crippen LogP contribution in [0.15, 0.2) is 53.4 Å². The third-order valence-corrected chi connectivity index (χ3v) is 5.29. The Morgan fingerprint density at radius 3 is 2.68 bits per heavy atom. The molecule has 1 N–H and O–H groups in total. The monoisotopic (exact) mass is 374 g/mol. The first kappa shape index (κ1) is 17.8. The average Bonchev–Trinajstić information content (AvgIpc) is 3.01. The lowest BCUT2D eigenvalue weighted by Crippen LogP contribution is -2.31. The second kappa shape index (κ2) is 7.93. The lowest BCUT2D eigenvalue weighted by molar-refractivity contribution is -0.117. The van der Waals surface area contributed by atoms with Gasteiger partial charge in [0.05, 0.1) is 5.56 Å². The fraction of sp³-hybridized carbons (Fsp3) is 0.263. The summed E-state index contributed by atoms with van der Waals surface area (Å²) in [5.41, 5.74) is 1.52. The zero-order valence-electron chi connectivity index (χ0n) is 13.9. The van der Waals surface area contributed by atoms with E-state index in [1.54, 1.807) is 28.8 Å². The molecule has 0 aliphatic carbocycles. The number of anilines is 1. The maximum atomic E-state index is 12.4.